The predicted octanol–water partition coefficient (Wildman–Crippen LogP) is 1.03. The van der Waals surface area contributed by atoms with Gasteiger partial charge >= 0.3 is 5.97 Å². The van der Waals surface area contributed by atoms with Gasteiger partial charge in [0.15, 0.2) is 6.29 Å². The minimum absolute atomic E-state index is 0.362. The molecule has 1 aromatic heterocycles. The fourth-order valence-electron chi connectivity index (χ4n) is 1.14. The van der Waals surface area contributed by atoms with Crippen LogP contribution in [-0.2, 0) is 9.53 Å². The molecule has 0 spiro atoms. The van der Waals surface area contributed by atoms with E-state index in [-0.39, 0.29) is 5.97 Å². The Kier molecular flexibility index (Phi) is 2.84. The van der Waals surface area contributed by atoms with Crippen LogP contribution in [0.25, 0.3) is 0 Å². The summed E-state index contributed by atoms with van der Waals surface area (Å²) in [5, 5.41) is 0. The van der Waals surface area contributed by atoms with E-state index in [9.17, 15) is 9.59 Å². The fraction of sp³-hybridized carbons (Fsp3) is 0.333. The van der Waals surface area contributed by atoms with Crippen LogP contribution in [0.5, 0.6) is 0 Å². The third-order valence-corrected chi connectivity index (χ3v) is 1.89. The van der Waals surface area contributed by atoms with Gasteiger partial charge in [-0.15, -0.1) is 0 Å². The van der Waals surface area contributed by atoms with Crippen molar-refractivity contribution in [3.05, 3.63) is 24.0 Å². The number of aldehydes is 1. The van der Waals surface area contributed by atoms with Gasteiger partial charge in [-0.25, -0.2) is 4.79 Å². The van der Waals surface area contributed by atoms with Crippen molar-refractivity contribution in [1.82, 2.24) is 4.57 Å². The van der Waals surface area contributed by atoms with Crippen LogP contribution in [0.4, 0.5) is 0 Å². The molecule has 0 bridgehead atoms. The molecule has 0 saturated heterocycles. The lowest BCUT2D eigenvalue weighted by Gasteiger charge is -2.12. The molecule has 0 aromatic carbocycles. The van der Waals surface area contributed by atoms with E-state index < -0.39 is 6.04 Å². The van der Waals surface area contributed by atoms with E-state index in [4.69, 9.17) is 0 Å². The third kappa shape index (κ3) is 1.77. The summed E-state index contributed by atoms with van der Waals surface area (Å²) in [6.07, 6.45) is 2.38. The minimum Gasteiger partial charge on any atom is -0.467 e. The van der Waals surface area contributed by atoms with Crippen LogP contribution in [0.3, 0.4) is 0 Å². The van der Waals surface area contributed by atoms with Gasteiger partial charge in [0.05, 0.1) is 12.8 Å². The van der Waals surface area contributed by atoms with Gasteiger partial charge in [-0.2, -0.15) is 0 Å². The lowest BCUT2D eigenvalue weighted by atomic mass is 10.3. The summed E-state index contributed by atoms with van der Waals surface area (Å²) in [5.41, 5.74) is 0.470. The highest BCUT2D eigenvalue weighted by molar-refractivity contribution is 5.77. The monoisotopic (exact) mass is 181 g/mol. The van der Waals surface area contributed by atoms with Gasteiger partial charge in [0.1, 0.15) is 6.04 Å². The van der Waals surface area contributed by atoms with Gasteiger partial charge < -0.3 is 9.30 Å². The van der Waals surface area contributed by atoms with Crippen LogP contribution in [-0.4, -0.2) is 23.9 Å². The van der Waals surface area contributed by atoms with Crippen LogP contribution in [0.15, 0.2) is 18.3 Å². The number of ether oxygens (including phenoxy) is 1. The average molecular weight is 181 g/mol. The molecule has 1 heterocycles. The topological polar surface area (TPSA) is 48.3 Å². The highest BCUT2D eigenvalue weighted by Gasteiger charge is 2.16. The fourth-order valence-corrected chi connectivity index (χ4v) is 1.14. The Balaban J connectivity index is 2.93. The van der Waals surface area contributed by atoms with Crippen molar-refractivity contribution in [1.29, 1.82) is 0 Å². The summed E-state index contributed by atoms with van der Waals surface area (Å²) < 4.78 is 6.13. The first-order valence-corrected chi connectivity index (χ1v) is 3.90. The molecule has 0 aliphatic carbocycles. The van der Waals surface area contributed by atoms with Gasteiger partial charge in [-0.3, -0.25) is 4.79 Å². The molecular formula is C9H11NO3. The number of hydrogen-bond acceptors (Lipinski definition) is 3. The highest BCUT2D eigenvalue weighted by atomic mass is 16.5. The summed E-state index contributed by atoms with van der Waals surface area (Å²) in [4.78, 5) is 21.7. The van der Waals surface area contributed by atoms with Crippen LogP contribution >= 0.6 is 0 Å². The number of carbonyl (C=O) groups is 2. The number of nitrogens with zero attached hydrogens (tertiary/aromatic N) is 1. The third-order valence-electron chi connectivity index (χ3n) is 1.89. The molecule has 1 atom stereocenters. The second kappa shape index (κ2) is 3.89. The Hall–Kier alpha value is -1.58. The summed E-state index contributed by atoms with van der Waals surface area (Å²) in [7, 11) is 1.32. The molecular weight excluding hydrogens is 170 g/mol. The Morgan fingerprint density at radius 2 is 2.38 bits per heavy atom. The molecule has 0 aliphatic heterocycles. The average Bonchev–Trinajstić information content (AvgIpc) is 2.62. The molecule has 13 heavy (non-hydrogen) atoms. The molecule has 4 nitrogen and oxygen atoms in total. The van der Waals surface area contributed by atoms with Crippen molar-refractivity contribution in [2.24, 2.45) is 0 Å². The lowest BCUT2D eigenvalue weighted by molar-refractivity contribution is -0.144. The summed E-state index contributed by atoms with van der Waals surface area (Å²) in [6.45, 7) is 1.68. The van der Waals surface area contributed by atoms with Gasteiger partial charge in [0.25, 0.3) is 0 Å². The number of rotatable bonds is 3. The Bertz CT molecular complexity index is 316. The van der Waals surface area contributed by atoms with E-state index in [2.05, 4.69) is 4.74 Å². The van der Waals surface area contributed by atoms with Crippen molar-refractivity contribution in [3.8, 4) is 0 Å². The standard InChI is InChI=1S/C9H11NO3/c1-7(9(12)13-2)10-5-3-4-8(10)6-11/h3-7H,1-2H3/t7-/m1/s1. The maximum absolute atomic E-state index is 11.1. The summed E-state index contributed by atoms with van der Waals surface area (Å²) >= 11 is 0. The predicted molar refractivity (Wildman–Crippen MR) is 46.5 cm³/mol. The number of methoxy groups -OCH3 is 1. The first-order valence-electron chi connectivity index (χ1n) is 3.90. The summed E-state index contributed by atoms with van der Waals surface area (Å²) in [6, 6.07) is 2.90. The van der Waals surface area contributed by atoms with Crippen molar-refractivity contribution < 1.29 is 14.3 Å². The SMILES string of the molecule is COC(=O)[C@@H](C)n1cccc1C=O. The molecule has 0 unspecified atom stereocenters. The van der Waals surface area contributed by atoms with E-state index >= 15 is 0 Å². The Labute approximate surface area is 76.1 Å². The second-order valence-corrected chi connectivity index (χ2v) is 2.66. The van der Waals surface area contributed by atoms with Gasteiger partial charge in [0, 0.05) is 6.20 Å². The molecule has 1 rings (SSSR count). The van der Waals surface area contributed by atoms with E-state index in [1.54, 1.807) is 29.8 Å². The maximum atomic E-state index is 11.1. The molecule has 0 amide bonds. The van der Waals surface area contributed by atoms with Crippen molar-refractivity contribution in [3.63, 3.8) is 0 Å². The zero-order valence-electron chi connectivity index (χ0n) is 7.56. The molecule has 0 aliphatic rings. The highest BCUT2D eigenvalue weighted by Crippen LogP contribution is 2.11. The first-order chi connectivity index (χ1) is 6.20. The Morgan fingerprint density at radius 1 is 1.69 bits per heavy atom. The maximum Gasteiger partial charge on any atom is 0.328 e. The molecule has 1 aromatic rings. The second-order valence-electron chi connectivity index (χ2n) is 2.66. The Morgan fingerprint density at radius 3 is 2.92 bits per heavy atom. The number of carbonyl (C=O) groups excluding carboxylic acids is 2. The number of aromatic nitrogens is 1. The molecule has 0 saturated carbocycles. The lowest BCUT2D eigenvalue weighted by Crippen LogP contribution is -2.18. The molecule has 0 N–H and O–H groups in total. The van der Waals surface area contributed by atoms with E-state index in [1.807, 2.05) is 0 Å². The smallest absolute Gasteiger partial charge is 0.328 e. The van der Waals surface area contributed by atoms with Crippen molar-refractivity contribution in [2.45, 2.75) is 13.0 Å². The first kappa shape index (κ1) is 9.51. The van der Waals surface area contributed by atoms with Crippen LogP contribution in [0.2, 0.25) is 0 Å². The normalized spacial score (nSPS) is 12.2. The van der Waals surface area contributed by atoms with E-state index in [0.29, 0.717) is 12.0 Å². The molecule has 0 fully saturated rings. The number of esters is 1. The van der Waals surface area contributed by atoms with Crippen LogP contribution in [0, 0.1) is 0 Å². The summed E-state index contributed by atoms with van der Waals surface area (Å²) in [5.74, 6) is -0.362. The molecule has 0 radical (unpaired) electrons. The van der Waals surface area contributed by atoms with E-state index in [1.165, 1.54) is 7.11 Å². The van der Waals surface area contributed by atoms with E-state index in [0.717, 1.165) is 0 Å². The molecule has 4 heteroatoms. The van der Waals surface area contributed by atoms with Gasteiger partial charge in [-0.05, 0) is 19.1 Å². The number of hydrogen-bond donors (Lipinski definition) is 0. The molecule has 70 valence electrons. The van der Waals surface area contributed by atoms with Crippen molar-refractivity contribution >= 4 is 12.3 Å². The zero-order valence-corrected chi connectivity index (χ0v) is 7.56. The van der Waals surface area contributed by atoms with Gasteiger partial charge in [-0.1, -0.05) is 0 Å². The minimum atomic E-state index is -0.458. The largest absolute Gasteiger partial charge is 0.467 e. The quantitative estimate of drug-likeness (QED) is 0.517. The van der Waals surface area contributed by atoms with Gasteiger partial charge in [0.2, 0.25) is 0 Å². The van der Waals surface area contributed by atoms with Crippen LogP contribution < -0.4 is 0 Å². The zero-order chi connectivity index (χ0) is 9.84. The van der Waals surface area contributed by atoms with Crippen LogP contribution in [0.1, 0.15) is 23.5 Å². The van der Waals surface area contributed by atoms with Crippen molar-refractivity contribution in [2.75, 3.05) is 7.11 Å².